The zero-order valence-electron chi connectivity index (χ0n) is 16.9. The molecular weight excluding hydrogens is 370 g/mol. The molecule has 0 aliphatic heterocycles. The van der Waals surface area contributed by atoms with Crippen molar-refractivity contribution < 1.29 is 9.59 Å². The Bertz CT molecular complexity index is 657. The van der Waals surface area contributed by atoms with Crippen molar-refractivity contribution in [3.63, 3.8) is 0 Å². The lowest BCUT2D eigenvalue weighted by molar-refractivity contribution is -0.119. The maximum absolute atomic E-state index is 12.7. The molecule has 0 aromatic heterocycles. The van der Waals surface area contributed by atoms with Crippen LogP contribution in [0.25, 0.3) is 0 Å². The normalized spacial score (nSPS) is 14.3. The first-order valence-corrected chi connectivity index (χ1v) is 11.0. The molecule has 1 aliphatic rings. The summed E-state index contributed by atoms with van der Waals surface area (Å²) in [6.07, 6.45) is 11.6. The second kappa shape index (κ2) is 12.5. The van der Waals surface area contributed by atoms with Crippen molar-refractivity contribution in [2.45, 2.75) is 83.6 Å². The van der Waals surface area contributed by atoms with Crippen LogP contribution in [0.1, 0.15) is 87.9 Å². The average molecular weight is 404 g/mol. The Hall–Kier alpha value is -1.95. The van der Waals surface area contributed by atoms with E-state index >= 15 is 0 Å². The highest BCUT2D eigenvalue weighted by molar-refractivity contribution is 7.80. The van der Waals surface area contributed by atoms with Gasteiger partial charge in [0.1, 0.15) is 0 Å². The minimum absolute atomic E-state index is 0.0851. The van der Waals surface area contributed by atoms with Gasteiger partial charge in [0.05, 0.1) is 11.3 Å². The Morgan fingerprint density at radius 1 is 1.04 bits per heavy atom. The molecule has 1 aromatic rings. The summed E-state index contributed by atoms with van der Waals surface area (Å²) in [4.78, 5) is 24.7. The Balaban J connectivity index is 1.83. The third-order valence-electron chi connectivity index (χ3n) is 5.12. The maximum Gasteiger partial charge on any atom is 0.253 e. The number of hydrogen-bond donors (Lipinski definition) is 3. The van der Waals surface area contributed by atoms with Crippen LogP contribution in [0, 0.1) is 0 Å². The van der Waals surface area contributed by atoms with Gasteiger partial charge in [-0.1, -0.05) is 64.0 Å². The van der Waals surface area contributed by atoms with Crippen LogP contribution in [-0.2, 0) is 4.79 Å². The number of anilines is 1. The predicted molar refractivity (Wildman–Crippen MR) is 119 cm³/mol. The lowest BCUT2D eigenvalue weighted by atomic mass is 9.95. The second-order valence-electron chi connectivity index (χ2n) is 7.52. The number of amides is 2. The molecule has 0 saturated heterocycles. The number of carbonyl (C=O) groups excluding carboxylic acids is 2. The van der Waals surface area contributed by atoms with Crippen molar-refractivity contribution in [2.24, 2.45) is 0 Å². The summed E-state index contributed by atoms with van der Waals surface area (Å²) in [5.74, 6) is -0.182. The quantitative estimate of drug-likeness (QED) is 0.404. The van der Waals surface area contributed by atoms with Crippen LogP contribution >= 0.6 is 12.2 Å². The molecule has 0 heterocycles. The van der Waals surface area contributed by atoms with Crippen molar-refractivity contribution in [2.75, 3.05) is 5.32 Å². The van der Waals surface area contributed by atoms with Crippen molar-refractivity contribution in [3.05, 3.63) is 29.8 Å². The van der Waals surface area contributed by atoms with Gasteiger partial charge in [-0.15, -0.1) is 0 Å². The highest BCUT2D eigenvalue weighted by atomic mass is 32.1. The van der Waals surface area contributed by atoms with E-state index in [0.29, 0.717) is 17.7 Å². The first kappa shape index (κ1) is 22.3. The molecule has 6 heteroatoms. The van der Waals surface area contributed by atoms with Gasteiger partial charge < -0.3 is 16.0 Å². The Morgan fingerprint density at radius 3 is 2.50 bits per heavy atom. The lowest BCUT2D eigenvalue weighted by Crippen LogP contribution is -2.37. The molecule has 1 saturated carbocycles. The van der Waals surface area contributed by atoms with Gasteiger partial charge in [0, 0.05) is 12.5 Å². The number of benzene rings is 1. The summed E-state index contributed by atoms with van der Waals surface area (Å²) in [6.45, 7) is 2.17. The van der Waals surface area contributed by atoms with E-state index in [1.165, 1.54) is 32.1 Å². The molecule has 1 aromatic carbocycles. The van der Waals surface area contributed by atoms with Crippen molar-refractivity contribution >= 4 is 34.8 Å². The fourth-order valence-electron chi connectivity index (χ4n) is 3.53. The van der Waals surface area contributed by atoms with Gasteiger partial charge in [0.2, 0.25) is 5.91 Å². The van der Waals surface area contributed by atoms with Crippen molar-refractivity contribution in [1.82, 2.24) is 10.6 Å². The van der Waals surface area contributed by atoms with Gasteiger partial charge in [-0.05, 0) is 43.6 Å². The SMILES string of the molecule is CCCCCCCC(=O)NC(=S)Nc1ccccc1C(=O)NC1CCCCC1. The van der Waals surface area contributed by atoms with Crippen LogP contribution in [0.2, 0.25) is 0 Å². The number of para-hydroxylation sites is 1. The van der Waals surface area contributed by atoms with E-state index < -0.39 is 0 Å². The van der Waals surface area contributed by atoms with E-state index in [-0.39, 0.29) is 23.0 Å². The van der Waals surface area contributed by atoms with E-state index in [1.54, 1.807) is 12.1 Å². The molecule has 28 heavy (non-hydrogen) atoms. The predicted octanol–water partition coefficient (Wildman–Crippen LogP) is 4.92. The molecule has 154 valence electrons. The summed E-state index contributed by atoms with van der Waals surface area (Å²) in [6, 6.07) is 7.50. The highest BCUT2D eigenvalue weighted by Crippen LogP contribution is 2.20. The molecule has 2 rings (SSSR count). The standard InChI is InChI=1S/C22H33N3O2S/c1-2-3-4-5-9-16-20(26)25-22(28)24-19-15-11-10-14-18(19)21(27)23-17-12-7-6-8-13-17/h10-11,14-15,17H,2-9,12-13,16H2,1H3,(H,23,27)(H2,24,25,26,28). The molecule has 1 aliphatic carbocycles. The first-order chi connectivity index (χ1) is 13.6. The Kier molecular flexibility index (Phi) is 9.97. The fourth-order valence-corrected chi connectivity index (χ4v) is 3.76. The smallest absolute Gasteiger partial charge is 0.253 e. The van der Waals surface area contributed by atoms with Gasteiger partial charge in [0.15, 0.2) is 5.11 Å². The van der Waals surface area contributed by atoms with Gasteiger partial charge in [-0.2, -0.15) is 0 Å². The van der Waals surface area contributed by atoms with E-state index in [0.717, 1.165) is 32.1 Å². The number of thiocarbonyl (C=S) groups is 1. The molecule has 2 amide bonds. The minimum Gasteiger partial charge on any atom is -0.349 e. The molecular formula is C22H33N3O2S. The van der Waals surface area contributed by atoms with Gasteiger partial charge in [-0.3, -0.25) is 9.59 Å². The van der Waals surface area contributed by atoms with E-state index in [4.69, 9.17) is 12.2 Å². The molecule has 3 N–H and O–H groups in total. The van der Waals surface area contributed by atoms with Crippen molar-refractivity contribution in [1.29, 1.82) is 0 Å². The van der Waals surface area contributed by atoms with Crippen LogP contribution in [-0.4, -0.2) is 23.0 Å². The topological polar surface area (TPSA) is 70.2 Å². The van der Waals surface area contributed by atoms with Crippen LogP contribution < -0.4 is 16.0 Å². The summed E-state index contributed by atoms with van der Waals surface area (Å²) < 4.78 is 0. The Labute approximate surface area is 174 Å². The number of nitrogens with one attached hydrogen (secondary N) is 3. The first-order valence-electron chi connectivity index (χ1n) is 10.6. The van der Waals surface area contributed by atoms with Crippen LogP contribution in [0.3, 0.4) is 0 Å². The number of hydrogen-bond acceptors (Lipinski definition) is 3. The number of rotatable bonds is 9. The Morgan fingerprint density at radius 2 is 1.75 bits per heavy atom. The van der Waals surface area contributed by atoms with Gasteiger partial charge in [-0.25, -0.2) is 0 Å². The van der Waals surface area contributed by atoms with E-state index in [1.807, 2.05) is 12.1 Å². The van der Waals surface area contributed by atoms with Gasteiger partial charge in [0.25, 0.3) is 5.91 Å². The van der Waals surface area contributed by atoms with Gasteiger partial charge >= 0.3 is 0 Å². The highest BCUT2D eigenvalue weighted by Gasteiger charge is 2.19. The number of carbonyl (C=O) groups is 2. The zero-order valence-corrected chi connectivity index (χ0v) is 17.7. The molecule has 0 atom stereocenters. The minimum atomic E-state index is -0.0972. The molecule has 5 nitrogen and oxygen atoms in total. The average Bonchev–Trinajstić information content (AvgIpc) is 2.69. The summed E-state index contributed by atoms with van der Waals surface area (Å²) in [5.41, 5.74) is 1.16. The monoisotopic (exact) mass is 403 g/mol. The van der Waals surface area contributed by atoms with Crippen LogP contribution in [0.4, 0.5) is 5.69 Å². The summed E-state index contributed by atoms with van der Waals surface area (Å²) in [7, 11) is 0. The molecule has 0 bridgehead atoms. The maximum atomic E-state index is 12.7. The molecule has 0 spiro atoms. The fraction of sp³-hybridized carbons (Fsp3) is 0.591. The molecule has 1 fully saturated rings. The molecule has 0 radical (unpaired) electrons. The number of unbranched alkanes of at least 4 members (excludes halogenated alkanes) is 4. The lowest BCUT2D eigenvalue weighted by Gasteiger charge is -2.23. The second-order valence-corrected chi connectivity index (χ2v) is 7.93. The van der Waals surface area contributed by atoms with Crippen molar-refractivity contribution in [3.8, 4) is 0 Å². The van der Waals surface area contributed by atoms with Crippen LogP contribution in [0.5, 0.6) is 0 Å². The van der Waals surface area contributed by atoms with E-state index in [9.17, 15) is 9.59 Å². The summed E-state index contributed by atoms with van der Waals surface area (Å²) in [5, 5.41) is 9.08. The third kappa shape index (κ3) is 7.97. The van der Waals surface area contributed by atoms with Crippen LogP contribution in [0.15, 0.2) is 24.3 Å². The van der Waals surface area contributed by atoms with E-state index in [2.05, 4.69) is 22.9 Å². The molecule has 0 unspecified atom stereocenters. The zero-order chi connectivity index (χ0) is 20.2. The summed E-state index contributed by atoms with van der Waals surface area (Å²) >= 11 is 5.27. The third-order valence-corrected chi connectivity index (χ3v) is 5.32. The largest absolute Gasteiger partial charge is 0.349 e.